The van der Waals surface area contributed by atoms with Crippen LogP contribution >= 0.6 is 11.6 Å². The van der Waals surface area contributed by atoms with Gasteiger partial charge in [0, 0.05) is 23.8 Å². The van der Waals surface area contributed by atoms with Crippen molar-refractivity contribution in [1.29, 1.82) is 0 Å². The number of anilines is 1. The summed E-state index contributed by atoms with van der Waals surface area (Å²) >= 11 is 5.89. The molecule has 1 amide bonds. The molecule has 166 valence electrons. The summed E-state index contributed by atoms with van der Waals surface area (Å²) in [6.07, 6.45) is 0.604. The standard InChI is InChI=1S/C24H23ClN2O4S/c1-17-4-2-3-5-23(17)31-16-24(28)26-21-9-6-18-12-13-27(15-19(18)14-21)32(29,30)22-10-7-20(25)8-11-22/h2-11,14H,12-13,15-16H2,1H3,(H,26,28). The zero-order valence-corrected chi connectivity index (χ0v) is 19.1. The molecule has 0 saturated heterocycles. The maximum Gasteiger partial charge on any atom is 0.262 e. The third-order valence-corrected chi connectivity index (χ3v) is 7.48. The fraction of sp³-hybridized carbons (Fsp3) is 0.208. The molecule has 8 heteroatoms. The van der Waals surface area contributed by atoms with Gasteiger partial charge in [-0.05, 0) is 72.5 Å². The summed E-state index contributed by atoms with van der Waals surface area (Å²) in [7, 11) is -3.63. The Hall–Kier alpha value is -2.87. The van der Waals surface area contributed by atoms with E-state index in [9.17, 15) is 13.2 Å². The number of amides is 1. The minimum atomic E-state index is -3.63. The number of aryl methyl sites for hydroxylation is 1. The van der Waals surface area contributed by atoms with E-state index in [1.54, 1.807) is 12.1 Å². The van der Waals surface area contributed by atoms with Gasteiger partial charge in [0.15, 0.2) is 6.61 Å². The molecule has 0 unspecified atom stereocenters. The highest BCUT2D eigenvalue weighted by Crippen LogP contribution is 2.27. The number of sulfonamides is 1. The van der Waals surface area contributed by atoms with Crippen molar-refractivity contribution >= 4 is 33.2 Å². The van der Waals surface area contributed by atoms with E-state index in [0.29, 0.717) is 29.4 Å². The van der Waals surface area contributed by atoms with Gasteiger partial charge in [0.2, 0.25) is 10.0 Å². The van der Waals surface area contributed by atoms with Gasteiger partial charge in [-0.3, -0.25) is 4.79 Å². The molecule has 0 saturated carbocycles. The van der Waals surface area contributed by atoms with Crippen molar-refractivity contribution < 1.29 is 17.9 Å². The molecular weight excluding hydrogens is 448 g/mol. The van der Waals surface area contributed by atoms with E-state index in [0.717, 1.165) is 16.7 Å². The molecule has 1 N–H and O–H groups in total. The molecule has 3 aromatic carbocycles. The van der Waals surface area contributed by atoms with E-state index in [-0.39, 0.29) is 24.0 Å². The van der Waals surface area contributed by atoms with Gasteiger partial charge in [-0.15, -0.1) is 0 Å². The molecule has 0 radical (unpaired) electrons. The van der Waals surface area contributed by atoms with Crippen molar-refractivity contribution in [3.8, 4) is 5.75 Å². The van der Waals surface area contributed by atoms with Gasteiger partial charge in [-0.2, -0.15) is 4.31 Å². The van der Waals surface area contributed by atoms with Crippen LogP contribution in [0.5, 0.6) is 5.75 Å². The number of benzene rings is 3. The smallest absolute Gasteiger partial charge is 0.262 e. The Balaban J connectivity index is 1.44. The maximum atomic E-state index is 13.0. The number of hydrogen-bond acceptors (Lipinski definition) is 4. The lowest BCUT2D eigenvalue weighted by atomic mass is 10.0. The normalized spacial score (nSPS) is 13.9. The highest BCUT2D eigenvalue weighted by atomic mass is 35.5. The molecule has 0 aromatic heterocycles. The quantitative estimate of drug-likeness (QED) is 0.579. The fourth-order valence-corrected chi connectivity index (χ4v) is 5.17. The predicted octanol–water partition coefficient (Wildman–Crippen LogP) is 4.41. The first kappa shape index (κ1) is 22.3. The van der Waals surface area contributed by atoms with E-state index < -0.39 is 10.0 Å². The minimum absolute atomic E-state index is 0.112. The third kappa shape index (κ3) is 4.96. The number of fused-ring (bicyclic) bond motifs is 1. The van der Waals surface area contributed by atoms with Crippen LogP contribution in [0.25, 0.3) is 0 Å². The number of ether oxygens (including phenoxy) is 1. The van der Waals surface area contributed by atoms with E-state index in [1.807, 2.05) is 49.4 Å². The molecule has 0 spiro atoms. The van der Waals surface area contributed by atoms with E-state index >= 15 is 0 Å². The molecule has 0 atom stereocenters. The predicted molar refractivity (Wildman–Crippen MR) is 124 cm³/mol. The van der Waals surface area contributed by atoms with E-state index in [4.69, 9.17) is 16.3 Å². The lowest BCUT2D eigenvalue weighted by molar-refractivity contribution is -0.118. The topological polar surface area (TPSA) is 75.7 Å². The molecule has 6 nitrogen and oxygen atoms in total. The Morgan fingerprint density at radius 3 is 2.56 bits per heavy atom. The van der Waals surface area contributed by atoms with Crippen molar-refractivity contribution in [1.82, 2.24) is 4.31 Å². The summed E-state index contributed by atoms with van der Waals surface area (Å²) in [5.74, 6) is 0.380. The summed E-state index contributed by atoms with van der Waals surface area (Å²) in [6.45, 7) is 2.44. The number of carbonyl (C=O) groups excluding carboxylic acids is 1. The largest absolute Gasteiger partial charge is 0.483 e. The summed E-state index contributed by atoms with van der Waals surface area (Å²) in [6, 6.07) is 19.2. The molecular formula is C24H23ClN2O4S. The molecule has 1 aliphatic rings. The van der Waals surface area contributed by atoms with Gasteiger partial charge in [0.25, 0.3) is 5.91 Å². The van der Waals surface area contributed by atoms with Gasteiger partial charge in [-0.25, -0.2) is 8.42 Å². The zero-order valence-electron chi connectivity index (χ0n) is 17.5. The van der Waals surface area contributed by atoms with Crippen LogP contribution in [-0.4, -0.2) is 31.8 Å². The van der Waals surface area contributed by atoms with E-state index in [2.05, 4.69) is 5.32 Å². The van der Waals surface area contributed by atoms with Crippen molar-refractivity contribution in [3.05, 3.63) is 88.4 Å². The molecule has 3 aromatic rings. The van der Waals surface area contributed by atoms with Crippen LogP contribution in [0.1, 0.15) is 16.7 Å². The summed E-state index contributed by atoms with van der Waals surface area (Å²) in [5.41, 5.74) is 3.50. The molecule has 32 heavy (non-hydrogen) atoms. The van der Waals surface area contributed by atoms with Crippen LogP contribution in [0.15, 0.2) is 71.6 Å². The van der Waals surface area contributed by atoms with Crippen LogP contribution in [0.2, 0.25) is 5.02 Å². The number of para-hydroxylation sites is 1. The Morgan fingerprint density at radius 1 is 1.06 bits per heavy atom. The molecule has 0 aliphatic carbocycles. The number of hydrogen-bond donors (Lipinski definition) is 1. The second-order valence-electron chi connectivity index (χ2n) is 7.63. The lowest BCUT2D eigenvalue weighted by Crippen LogP contribution is -2.36. The van der Waals surface area contributed by atoms with Crippen LogP contribution in [0.3, 0.4) is 0 Å². The summed E-state index contributed by atoms with van der Waals surface area (Å²) in [4.78, 5) is 12.6. The Morgan fingerprint density at radius 2 is 1.81 bits per heavy atom. The van der Waals surface area contributed by atoms with Gasteiger partial charge < -0.3 is 10.1 Å². The first-order valence-corrected chi connectivity index (χ1v) is 12.0. The van der Waals surface area contributed by atoms with Gasteiger partial charge in [-0.1, -0.05) is 35.9 Å². The third-order valence-electron chi connectivity index (χ3n) is 5.37. The Labute approximate surface area is 192 Å². The molecule has 4 rings (SSSR count). The highest BCUT2D eigenvalue weighted by molar-refractivity contribution is 7.89. The average molecular weight is 471 g/mol. The van der Waals surface area contributed by atoms with Crippen molar-refractivity contribution in [2.45, 2.75) is 24.8 Å². The highest BCUT2D eigenvalue weighted by Gasteiger charge is 2.28. The molecule has 0 fully saturated rings. The van der Waals surface area contributed by atoms with Crippen molar-refractivity contribution in [2.24, 2.45) is 0 Å². The number of halogens is 1. The van der Waals surface area contributed by atoms with Gasteiger partial charge in [0.1, 0.15) is 5.75 Å². The zero-order chi connectivity index (χ0) is 22.7. The lowest BCUT2D eigenvalue weighted by Gasteiger charge is -2.28. The van der Waals surface area contributed by atoms with Gasteiger partial charge in [0.05, 0.1) is 4.90 Å². The second-order valence-corrected chi connectivity index (χ2v) is 10.0. The Bertz CT molecular complexity index is 1240. The van der Waals surface area contributed by atoms with Crippen LogP contribution < -0.4 is 10.1 Å². The maximum absolute atomic E-state index is 13.0. The Kier molecular flexibility index (Phi) is 6.50. The SMILES string of the molecule is Cc1ccccc1OCC(=O)Nc1ccc2c(c1)CN(S(=O)(=O)c1ccc(Cl)cc1)CC2. The van der Waals surface area contributed by atoms with Crippen molar-refractivity contribution in [2.75, 3.05) is 18.5 Å². The number of rotatable bonds is 6. The van der Waals surface area contributed by atoms with Crippen molar-refractivity contribution in [3.63, 3.8) is 0 Å². The molecule has 1 aliphatic heterocycles. The minimum Gasteiger partial charge on any atom is -0.483 e. The van der Waals surface area contributed by atoms with Crippen LogP contribution in [-0.2, 0) is 27.8 Å². The number of nitrogens with one attached hydrogen (secondary N) is 1. The summed E-state index contributed by atoms with van der Waals surface area (Å²) in [5, 5.41) is 3.31. The molecule has 1 heterocycles. The first-order valence-electron chi connectivity index (χ1n) is 10.2. The first-order chi connectivity index (χ1) is 15.3. The average Bonchev–Trinajstić information content (AvgIpc) is 2.78. The van der Waals surface area contributed by atoms with E-state index in [1.165, 1.54) is 16.4 Å². The molecule has 0 bridgehead atoms. The number of carbonyl (C=O) groups is 1. The monoisotopic (exact) mass is 470 g/mol. The second kappa shape index (κ2) is 9.32. The van der Waals surface area contributed by atoms with Crippen LogP contribution in [0, 0.1) is 6.92 Å². The van der Waals surface area contributed by atoms with Gasteiger partial charge >= 0.3 is 0 Å². The summed E-state index contributed by atoms with van der Waals surface area (Å²) < 4.78 is 33.1. The van der Waals surface area contributed by atoms with Crippen LogP contribution in [0.4, 0.5) is 5.69 Å². The number of nitrogens with zero attached hydrogens (tertiary/aromatic N) is 1. The fourth-order valence-electron chi connectivity index (χ4n) is 3.63.